The molecule has 1 aromatic rings. The monoisotopic (exact) mass is 373 g/mol. The van der Waals surface area contributed by atoms with Gasteiger partial charge < -0.3 is 15.0 Å². The van der Waals surface area contributed by atoms with Gasteiger partial charge in [0, 0.05) is 45.0 Å². The number of halogens is 3. The fourth-order valence-corrected chi connectivity index (χ4v) is 2.95. The summed E-state index contributed by atoms with van der Waals surface area (Å²) in [7, 11) is 0. The Labute approximate surface area is 152 Å². The maximum absolute atomic E-state index is 12.4. The molecule has 0 saturated carbocycles. The van der Waals surface area contributed by atoms with Crippen LogP contribution in [0, 0.1) is 13.8 Å². The summed E-state index contributed by atoms with van der Waals surface area (Å²) < 4.78 is 40.6. The number of urea groups is 1. The minimum Gasteiger partial charge on any atom is -0.372 e. The van der Waals surface area contributed by atoms with E-state index >= 15 is 0 Å². The van der Waals surface area contributed by atoms with Gasteiger partial charge in [0.2, 0.25) is 0 Å². The first kappa shape index (κ1) is 20.5. The molecule has 0 bridgehead atoms. The summed E-state index contributed by atoms with van der Waals surface area (Å²) in [5, 5.41) is 2.98. The number of nitrogens with zero attached hydrogens (tertiary/aromatic N) is 2. The predicted octanol–water partition coefficient (Wildman–Crippen LogP) is 3.42. The van der Waals surface area contributed by atoms with Crippen LogP contribution in [-0.4, -0.2) is 67.9 Å². The third kappa shape index (κ3) is 6.49. The molecule has 1 aliphatic rings. The number of benzene rings is 1. The summed E-state index contributed by atoms with van der Waals surface area (Å²) in [4.78, 5) is 16.3. The van der Waals surface area contributed by atoms with Crippen molar-refractivity contribution in [3.05, 3.63) is 29.3 Å². The van der Waals surface area contributed by atoms with Gasteiger partial charge in [-0.2, -0.15) is 13.2 Å². The molecule has 1 fully saturated rings. The number of anilines is 1. The van der Waals surface area contributed by atoms with E-state index in [0.29, 0.717) is 39.1 Å². The van der Waals surface area contributed by atoms with Gasteiger partial charge in [0.15, 0.2) is 0 Å². The molecule has 1 aromatic carbocycles. The number of ether oxygens (including phenoxy) is 1. The molecular formula is C18H26F3N3O2. The lowest BCUT2D eigenvalue weighted by Gasteiger charge is -2.34. The topological polar surface area (TPSA) is 44.8 Å². The van der Waals surface area contributed by atoms with E-state index < -0.39 is 12.8 Å². The Hall–Kier alpha value is -1.80. The molecule has 0 spiro atoms. The number of carbonyl (C=O) groups excluding carboxylic acids is 1. The number of piperazine rings is 1. The fourth-order valence-electron chi connectivity index (χ4n) is 2.95. The van der Waals surface area contributed by atoms with Gasteiger partial charge in [-0.3, -0.25) is 4.90 Å². The maximum atomic E-state index is 12.4. The number of rotatable bonds is 6. The first-order valence-electron chi connectivity index (χ1n) is 8.75. The second kappa shape index (κ2) is 9.23. The average molecular weight is 373 g/mol. The highest BCUT2D eigenvalue weighted by Gasteiger charge is 2.27. The van der Waals surface area contributed by atoms with Crippen molar-refractivity contribution in [3.63, 3.8) is 0 Å². The minimum absolute atomic E-state index is 0.0901. The van der Waals surface area contributed by atoms with Crippen LogP contribution in [0.15, 0.2) is 18.2 Å². The van der Waals surface area contributed by atoms with Gasteiger partial charge in [-0.15, -0.1) is 0 Å². The third-order valence-corrected chi connectivity index (χ3v) is 4.40. The number of hydrogen-bond acceptors (Lipinski definition) is 3. The van der Waals surface area contributed by atoms with Crippen LogP contribution in [0.3, 0.4) is 0 Å². The summed E-state index contributed by atoms with van der Waals surface area (Å²) in [5.41, 5.74) is 2.90. The van der Waals surface area contributed by atoms with Crippen molar-refractivity contribution in [1.29, 1.82) is 0 Å². The molecule has 2 amide bonds. The Morgan fingerprint density at radius 3 is 2.35 bits per heavy atom. The Kier molecular flexibility index (Phi) is 7.28. The van der Waals surface area contributed by atoms with Crippen LogP contribution in [0.5, 0.6) is 0 Å². The van der Waals surface area contributed by atoms with Gasteiger partial charge in [0.05, 0.1) is 0 Å². The molecule has 8 heteroatoms. The number of nitrogens with one attached hydrogen (secondary N) is 1. The van der Waals surface area contributed by atoms with Gasteiger partial charge >= 0.3 is 12.2 Å². The van der Waals surface area contributed by atoms with Crippen molar-refractivity contribution in [2.45, 2.75) is 26.4 Å². The van der Waals surface area contributed by atoms with Crippen molar-refractivity contribution < 1.29 is 22.7 Å². The van der Waals surface area contributed by atoms with Crippen molar-refractivity contribution in [1.82, 2.24) is 9.80 Å². The summed E-state index contributed by atoms with van der Waals surface area (Å²) in [6.07, 6.45) is -3.72. The van der Waals surface area contributed by atoms with Crippen LogP contribution < -0.4 is 5.32 Å². The van der Waals surface area contributed by atoms with E-state index in [2.05, 4.69) is 15.0 Å². The van der Waals surface area contributed by atoms with Gasteiger partial charge in [-0.05, 0) is 31.4 Å². The highest BCUT2D eigenvalue weighted by molar-refractivity contribution is 5.91. The molecule has 1 saturated heterocycles. The van der Waals surface area contributed by atoms with Crippen molar-refractivity contribution in [2.75, 3.05) is 51.3 Å². The van der Waals surface area contributed by atoms with Crippen LogP contribution >= 0.6 is 0 Å². The van der Waals surface area contributed by atoms with Gasteiger partial charge in [-0.25, -0.2) is 4.79 Å². The number of aryl methyl sites for hydroxylation is 2. The molecule has 0 aliphatic carbocycles. The molecule has 0 atom stereocenters. The van der Waals surface area contributed by atoms with Crippen LogP contribution in [0.2, 0.25) is 0 Å². The lowest BCUT2D eigenvalue weighted by atomic mass is 10.1. The zero-order valence-corrected chi connectivity index (χ0v) is 15.2. The predicted molar refractivity (Wildman–Crippen MR) is 94.4 cm³/mol. The highest BCUT2D eigenvalue weighted by Crippen LogP contribution is 2.20. The molecule has 5 nitrogen and oxygen atoms in total. The number of para-hydroxylation sites is 1. The average Bonchev–Trinajstić information content (AvgIpc) is 2.57. The van der Waals surface area contributed by atoms with E-state index in [4.69, 9.17) is 0 Å². The quantitative estimate of drug-likeness (QED) is 0.777. The first-order valence-corrected chi connectivity index (χ1v) is 8.75. The summed E-state index contributed by atoms with van der Waals surface area (Å²) in [5.74, 6) is 0. The first-order chi connectivity index (χ1) is 12.3. The molecule has 0 aromatic heterocycles. The SMILES string of the molecule is Cc1cccc(C)c1NC(=O)N1CCN(CCCOCC(F)(F)F)CC1. The number of carbonyl (C=O) groups is 1. The minimum atomic E-state index is -4.27. The molecule has 2 rings (SSSR count). The number of alkyl halides is 3. The fraction of sp³-hybridized carbons (Fsp3) is 0.611. The van der Waals surface area contributed by atoms with E-state index in [9.17, 15) is 18.0 Å². The molecule has 146 valence electrons. The normalized spacial score (nSPS) is 16.0. The molecule has 1 N–H and O–H groups in total. The standard InChI is InChI=1S/C18H26F3N3O2/c1-14-5-3-6-15(2)16(14)22-17(25)24-10-8-23(9-11-24)7-4-12-26-13-18(19,20)21/h3,5-6H,4,7-13H2,1-2H3,(H,22,25). The molecule has 1 aliphatic heterocycles. The van der Waals surface area contributed by atoms with Crippen LogP contribution in [0.4, 0.5) is 23.7 Å². The van der Waals surface area contributed by atoms with Crippen molar-refractivity contribution in [2.24, 2.45) is 0 Å². The van der Waals surface area contributed by atoms with E-state index in [1.54, 1.807) is 4.90 Å². The van der Waals surface area contributed by atoms with Gasteiger partial charge in [0.25, 0.3) is 0 Å². The lowest BCUT2D eigenvalue weighted by molar-refractivity contribution is -0.174. The Balaban J connectivity index is 1.68. The molecule has 0 radical (unpaired) electrons. The van der Waals surface area contributed by atoms with E-state index in [-0.39, 0.29) is 12.6 Å². The number of hydrogen-bond donors (Lipinski definition) is 1. The van der Waals surface area contributed by atoms with E-state index in [1.807, 2.05) is 32.0 Å². The lowest BCUT2D eigenvalue weighted by Crippen LogP contribution is -2.50. The largest absolute Gasteiger partial charge is 0.411 e. The number of amides is 2. The molecule has 26 heavy (non-hydrogen) atoms. The van der Waals surface area contributed by atoms with E-state index in [1.165, 1.54) is 0 Å². The molecule has 0 unspecified atom stereocenters. The van der Waals surface area contributed by atoms with Crippen LogP contribution in [0.25, 0.3) is 0 Å². The smallest absolute Gasteiger partial charge is 0.372 e. The highest BCUT2D eigenvalue weighted by atomic mass is 19.4. The Bertz CT molecular complexity index is 580. The zero-order valence-electron chi connectivity index (χ0n) is 15.2. The third-order valence-electron chi connectivity index (χ3n) is 4.40. The van der Waals surface area contributed by atoms with Crippen LogP contribution in [-0.2, 0) is 4.74 Å². The van der Waals surface area contributed by atoms with Crippen molar-refractivity contribution >= 4 is 11.7 Å². The second-order valence-electron chi connectivity index (χ2n) is 6.55. The van der Waals surface area contributed by atoms with E-state index in [0.717, 1.165) is 16.8 Å². The Morgan fingerprint density at radius 2 is 1.77 bits per heavy atom. The zero-order chi connectivity index (χ0) is 19.2. The summed E-state index contributed by atoms with van der Waals surface area (Å²) in [6.45, 7) is 6.10. The van der Waals surface area contributed by atoms with Crippen molar-refractivity contribution in [3.8, 4) is 0 Å². The Morgan fingerprint density at radius 1 is 1.15 bits per heavy atom. The summed E-state index contributed by atoms with van der Waals surface area (Å²) in [6, 6.07) is 5.76. The van der Waals surface area contributed by atoms with Gasteiger partial charge in [-0.1, -0.05) is 18.2 Å². The second-order valence-corrected chi connectivity index (χ2v) is 6.55. The van der Waals surface area contributed by atoms with Crippen LogP contribution in [0.1, 0.15) is 17.5 Å². The van der Waals surface area contributed by atoms with Gasteiger partial charge in [0.1, 0.15) is 6.61 Å². The molecule has 1 heterocycles. The summed E-state index contributed by atoms with van der Waals surface area (Å²) >= 11 is 0. The molecular weight excluding hydrogens is 347 g/mol. The maximum Gasteiger partial charge on any atom is 0.411 e.